The van der Waals surface area contributed by atoms with E-state index >= 15 is 0 Å². The fourth-order valence-electron chi connectivity index (χ4n) is 3.43. The quantitative estimate of drug-likeness (QED) is 0.833. The summed E-state index contributed by atoms with van der Waals surface area (Å²) in [6.07, 6.45) is 0.855. The average molecular weight is 343 g/mol. The SMILES string of the molecule is Cc1noc(C2CCCN(C(=O)C3Oc4ccccc4OC3C)C2)n1. The Balaban J connectivity index is 1.49. The number of aromatic nitrogens is 2. The predicted molar refractivity (Wildman–Crippen MR) is 88.5 cm³/mol. The van der Waals surface area contributed by atoms with Crippen molar-refractivity contribution in [3.63, 3.8) is 0 Å². The number of hydrogen-bond acceptors (Lipinski definition) is 6. The van der Waals surface area contributed by atoms with E-state index in [9.17, 15) is 4.79 Å². The van der Waals surface area contributed by atoms with Crippen LogP contribution in [0.25, 0.3) is 0 Å². The molecule has 7 nitrogen and oxygen atoms in total. The number of rotatable bonds is 2. The van der Waals surface area contributed by atoms with Crippen molar-refractivity contribution in [2.45, 2.75) is 44.8 Å². The summed E-state index contributed by atoms with van der Waals surface area (Å²) in [6.45, 7) is 4.93. The molecule has 3 atom stereocenters. The van der Waals surface area contributed by atoms with E-state index in [1.165, 1.54) is 0 Å². The van der Waals surface area contributed by atoms with Crippen LogP contribution >= 0.6 is 0 Å². The molecule has 0 radical (unpaired) electrons. The molecular weight excluding hydrogens is 322 g/mol. The molecule has 2 aliphatic rings. The van der Waals surface area contributed by atoms with Crippen molar-refractivity contribution >= 4 is 5.91 Å². The van der Waals surface area contributed by atoms with Gasteiger partial charge in [0.1, 0.15) is 6.10 Å². The van der Waals surface area contributed by atoms with Crippen molar-refractivity contribution in [1.82, 2.24) is 15.0 Å². The number of carbonyl (C=O) groups is 1. The lowest BCUT2D eigenvalue weighted by atomic mass is 9.97. The van der Waals surface area contributed by atoms with Crippen LogP contribution in [0.2, 0.25) is 0 Å². The van der Waals surface area contributed by atoms with Gasteiger partial charge in [0.2, 0.25) is 12.0 Å². The second-order valence-electron chi connectivity index (χ2n) is 6.61. The third-order valence-corrected chi connectivity index (χ3v) is 4.71. The molecule has 1 aromatic heterocycles. The highest BCUT2D eigenvalue weighted by Crippen LogP contribution is 2.34. The first-order valence-electron chi connectivity index (χ1n) is 8.63. The van der Waals surface area contributed by atoms with Crippen LogP contribution in [0.4, 0.5) is 0 Å². The van der Waals surface area contributed by atoms with Crippen LogP contribution in [-0.2, 0) is 4.79 Å². The monoisotopic (exact) mass is 343 g/mol. The summed E-state index contributed by atoms with van der Waals surface area (Å²) in [5, 5.41) is 3.85. The van der Waals surface area contributed by atoms with Crippen molar-refractivity contribution < 1.29 is 18.8 Å². The van der Waals surface area contributed by atoms with E-state index in [1.54, 1.807) is 6.92 Å². The zero-order chi connectivity index (χ0) is 17.4. The number of carbonyl (C=O) groups excluding carboxylic acids is 1. The Hall–Kier alpha value is -2.57. The van der Waals surface area contributed by atoms with E-state index in [4.69, 9.17) is 14.0 Å². The number of hydrogen-bond donors (Lipinski definition) is 0. The first-order valence-corrected chi connectivity index (χ1v) is 8.63. The number of aryl methyl sites for hydroxylation is 1. The molecule has 0 saturated carbocycles. The third kappa shape index (κ3) is 3.06. The molecule has 3 unspecified atom stereocenters. The fourth-order valence-corrected chi connectivity index (χ4v) is 3.43. The summed E-state index contributed by atoms with van der Waals surface area (Å²) in [6, 6.07) is 7.43. The smallest absolute Gasteiger partial charge is 0.267 e. The van der Waals surface area contributed by atoms with Gasteiger partial charge in [-0.3, -0.25) is 4.79 Å². The highest BCUT2D eigenvalue weighted by Gasteiger charge is 2.39. The van der Waals surface area contributed by atoms with E-state index in [2.05, 4.69) is 10.1 Å². The second kappa shape index (κ2) is 6.38. The molecule has 0 N–H and O–H groups in total. The van der Waals surface area contributed by atoms with Gasteiger partial charge >= 0.3 is 0 Å². The van der Waals surface area contributed by atoms with E-state index in [0.29, 0.717) is 36.3 Å². The fraction of sp³-hybridized carbons (Fsp3) is 0.500. The minimum Gasteiger partial charge on any atom is -0.482 e. The summed E-state index contributed by atoms with van der Waals surface area (Å²) in [4.78, 5) is 19.1. The van der Waals surface area contributed by atoms with Crippen molar-refractivity contribution in [2.75, 3.05) is 13.1 Å². The molecule has 0 aliphatic carbocycles. The molecule has 0 bridgehead atoms. The maximum atomic E-state index is 13.0. The van der Waals surface area contributed by atoms with E-state index in [1.807, 2.05) is 36.1 Å². The number of fused-ring (bicyclic) bond motifs is 1. The standard InChI is InChI=1S/C18H21N3O4/c1-11-16(24-15-8-4-3-7-14(15)23-11)18(22)21-9-5-6-13(10-21)17-19-12(2)20-25-17/h3-4,7-8,11,13,16H,5-6,9-10H2,1-2H3. The number of piperidine rings is 1. The van der Waals surface area contributed by atoms with Gasteiger partial charge in [0.05, 0.1) is 5.92 Å². The molecule has 1 saturated heterocycles. The van der Waals surface area contributed by atoms with Gasteiger partial charge in [0.25, 0.3) is 5.91 Å². The van der Waals surface area contributed by atoms with Crippen molar-refractivity contribution in [3.8, 4) is 11.5 Å². The van der Waals surface area contributed by atoms with Gasteiger partial charge in [-0.2, -0.15) is 4.98 Å². The summed E-state index contributed by atoms with van der Waals surface area (Å²) in [7, 11) is 0. The number of ether oxygens (including phenoxy) is 2. The molecule has 1 aromatic carbocycles. The number of amides is 1. The first kappa shape index (κ1) is 15.9. The van der Waals surface area contributed by atoms with Crippen LogP contribution in [-0.4, -0.2) is 46.2 Å². The number of benzene rings is 1. The van der Waals surface area contributed by atoms with Gasteiger partial charge < -0.3 is 18.9 Å². The lowest BCUT2D eigenvalue weighted by Crippen LogP contribution is -2.52. The normalized spacial score (nSPS) is 25.7. The Morgan fingerprint density at radius 2 is 2.00 bits per heavy atom. The number of para-hydroxylation sites is 2. The van der Waals surface area contributed by atoms with Gasteiger partial charge in [0.15, 0.2) is 17.3 Å². The topological polar surface area (TPSA) is 77.7 Å². The highest BCUT2D eigenvalue weighted by molar-refractivity contribution is 5.82. The predicted octanol–water partition coefficient (Wildman–Crippen LogP) is 2.31. The molecule has 1 amide bonds. The van der Waals surface area contributed by atoms with E-state index < -0.39 is 6.10 Å². The Morgan fingerprint density at radius 3 is 2.72 bits per heavy atom. The largest absolute Gasteiger partial charge is 0.482 e. The zero-order valence-electron chi connectivity index (χ0n) is 14.3. The van der Waals surface area contributed by atoms with E-state index in [0.717, 1.165) is 12.8 Å². The third-order valence-electron chi connectivity index (χ3n) is 4.71. The summed E-state index contributed by atoms with van der Waals surface area (Å²) < 4.78 is 17.1. The van der Waals surface area contributed by atoms with Crippen LogP contribution in [0.1, 0.15) is 37.4 Å². The molecule has 0 spiro atoms. The van der Waals surface area contributed by atoms with Crippen LogP contribution < -0.4 is 9.47 Å². The lowest BCUT2D eigenvalue weighted by Gasteiger charge is -2.37. The first-order chi connectivity index (χ1) is 12.1. The van der Waals surface area contributed by atoms with Crippen LogP contribution in [0, 0.1) is 6.92 Å². The van der Waals surface area contributed by atoms with Gasteiger partial charge in [-0.1, -0.05) is 17.3 Å². The molecule has 4 rings (SSSR count). The van der Waals surface area contributed by atoms with Crippen molar-refractivity contribution in [1.29, 1.82) is 0 Å². The molecule has 2 aliphatic heterocycles. The van der Waals surface area contributed by atoms with Gasteiger partial charge in [-0.05, 0) is 38.8 Å². The second-order valence-corrected chi connectivity index (χ2v) is 6.61. The van der Waals surface area contributed by atoms with Crippen molar-refractivity contribution in [3.05, 3.63) is 36.0 Å². The Morgan fingerprint density at radius 1 is 1.24 bits per heavy atom. The van der Waals surface area contributed by atoms with Gasteiger partial charge in [-0.15, -0.1) is 0 Å². The molecule has 1 fully saturated rings. The minimum atomic E-state index is -0.641. The molecule has 132 valence electrons. The molecule has 25 heavy (non-hydrogen) atoms. The minimum absolute atomic E-state index is 0.0528. The Kier molecular flexibility index (Phi) is 4.07. The summed E-state index contributed by atoms with van der Waals surface area (Å²) in [5.41, 5.74) is 0. The van der Waals surface area contributed by atoms with Crippen LogP contribution in [0.3, 0.4) is 0 Å². The number of nitrogens with zero attached hydrogens (tertiary/aromatic N) is 3. The number of likely N-dealkylation sites (tertiary alicyclic amines) is 1. The Bertz CT molecular complexity index is 775. The molecule has 7 heteroatoms. The van der Waals surface area contributed by atoms with Gasteiger partial charge in [-0.25, -0.2) is 0 Å². The Labute approximate surface area is 145 Å². The van der Waals surface area contributed by atoms with Crippen LogP contribution in [0.5, 0.6) is 11.5 Å². The van der Waals surface area contributed by atoms with Crippen LogP contribution in [0.15, 0.2) is 28.8 Å². The highest BCUT2D eigenvalue weighted by atomic mass is 16.6. The van der Waals surface area contributed by atoms with Gasteiger partial charge in [0, 0.05) is 13.1 Å². The lowest BCUT2D eigenvalue weighted by molar-refractivity contribution is -0.145. The maximum absolute atomic E-state index is 13.0. The van der Waals surface area contributed by atoms with Crippen molar-refractivity contribution in [2.24, 2.45) is 0 Å². The summed E-state index contributed by atoms with van der Waals surface area (Å²) in [5.74, 6) is 2.53. The summed E-state index contributed by atoms with van der Waals surface area (Å²) >= 11 is 0. The molecular formula is C18H21N3O4. The zero-order valence-corrected chi connectivity index (χ0v) is 14.3. The molecule has 2 aromatic rings. The molecule has 3 heterocycles. The maximum Gasteiger partial charge on any atom is 0.267 e. The average Bonchev–Trinajstić information content (AvgIpc) is 3.07. The van der Waals surface area contributed by atoms with E-state index in [-0.39, 0.29) is 17.9 Å².